The minimum absolute atomic E-state index is 0.0308. The summed E-state index contributed by atoms with van der Waals surface area (Å²) in [7, 11) is 1.66. The first-order chi connectivity index (χ1) is 11.7. The van der Waals surface area contributed by atoms with Crippen LogP contribution in [0.1, 0.15) is 24.0 Å². The molecule has 5 heteroatoms. The second kappa shape index (κ2) is 6.37. The maximum Gasteiger partial charge on any atom is 0.317 e. The van der Waals surface area contributed by atoms with Crippen molar-refractivity contribution in [1.29, 1.82) is 0 Å². The zero-order chi connectivity index (χ0) is 16.7. The summed E-state index contributed by atoms with van der Waals surface area (Å²) in [5.41, 5.74) is 3.00. The van der Waals surface area contributed by atoms with Crippen LogP contribution in [-0.2, 0) is 15.9 Å². The van der Waals surface area contributed by atoms with E-state index < -0.39 is 0 Å². The van der Waals surface area contributed by atoms with E-state index in [1.165, 1.54) is 17.5 Å². The molecular weight excluding hydrogens is 304 g/mol. The van der Waals surface area contributed by atoms with Gasteiger partial charge in [0.15, 0.2) is 0 Å². The Morgan fingerprint density at radius 2 is 2.21 bits per heavy atom. The summed E-state index contributed by atoms with van der Waals surface area (Å²) in [5, 5.41) is 3.15. The van der Waals surface area contributed by atoms with Crippen LogP contribution in [0.15, 0.2) is 24.3 Å². The van der Waals surface area contributed by atoms with Gasteiger partial charge in [0.25, 0.3) is 0 Å². The molecule has 130 valence electrons. The number of benzene rings is 1. The summed E-state index contributed by atoms with van der Waals surface area (Å²) in [5.74, 6) is 2.00. The van der Waals surface area contributed by atoms with Crippen LogP contribution in [0.4, 0.5) is 4.79 Å². The maximum atomic E-state index is 12.5. The molecule has 0 unspecified atom stereocenters. The van der Waals surface area contributed by atoms with Crippen molar-refractivity contribution in [3.05, 3.63) is 35.4 Å². The Balaban J connectivity index is 1.29. The molecule has 2 amide bonds. The highest BCUT2D eigenvalue weighted by molar-refractivity contribution is 5.74. The van der Waals surface area contributed by atoms with Gasteiger partial charge >= 0.3 is 6.03 Å². The van der Waals surface area contributed by atoms with Crippen LogP contribution in [-0.4, -0.2) is 56.5 Å². The molecule has 1 heterocycles. The number of rotatable bonds is 4. The zero-order valence-corrected chi connectivity index (χ0v) is 14.4. The number of carbonyl (C=O) groups is 1. The molecule has 2 fully saturated rings. The van der Waals surface area contributed by atoms with Gasteiger partial charge in [-0.1, -0.05) is 24.3 Å². The molecule has 0 bridgehead atoms. The van der Waals surface area contributed by atoms with Crippen molar-refractivity contribution in [3.8, 4) is 0 Å². The van der Waals surface area contributed by atoms with E-state index >= 15 is 0 Å². The van der Waals surface area contributed by atoms with Gasteiger partial charge in [0.1, 0.15) is 0 Å². The molecule has 1 aliphatic heterocycles. The molecule has 4 rings (SSSR count). The molecule has 1 N–H and O–H groups in total. The minimum atomic E-state index is -0.0308. The van der Waals surface area contributed by atoms with Crippen LogP contribution in [0.5, 0.6) is 0 Å². The predicted molar refractivity (Wildman–Crippen MR) is 91.0 cm³/mol. The van der Waals surface area contributed by atoms with Crippen molar-refractivity contribution >= 4 is 6.03 Å². The molecule has 1 aromatic carbocycles. The molecule has 1 aromatic rings. The molecule has 5 atom stereocenters. The van der Waals surface area contributed by atoms with Crippen LogP contribution in [0, 0.1) is 11.8 Å². The van der Waals surface area contributed by atoms with E-state index in [0.29, 0.717) is 31.5 Å². The summed E-state index contributed by atoms with van der Waals surface area (Å²) < 4.78 is 11.0. The smallest absolute Gasteiger partial charge is 0.317 e. The molecule has 2 aliphatic carbocycles. The lowest BCUT2D eigenvalue weighted by Gasteiger charge is -2.36. The second-order valence-corrected chi connectivity index (χ2v) is 7.37. The first-order valence-corrected chi connectivity index (χ1v) is 8.92. The molecule has 5 nitrogen and oxygen atoms in total. The van der Waals surface area contributed by atoms with Crippen molar-refractivity contribution in [3.63, 3.8) is 0 Å². The molecule has 0 aromatic heterocycles. The van der Waals surface area contributed by atoms with Crippen molar-refractivity contribution in [2.45, 2.75) is 31.5 Å². The topological polar surface area (TPSA) is 50.8 Å². The van der Waals surface area contributed by atoms with Crippen molar-refractivity contribution in [2.75, 3.05) is 33.4 Å². The number of fused-ring (bicyclic) bond motifs is 3. The number of nitrogens with one attached hydrogen (secondary N) is 1. The third-order valence-corrected chi connectivity index (χ3v) is 5.66. The number of morpholine rings is 1. The van der Waals surface area contributed by atoms with Gasteiger partial charge in [0.2, 0.25) is 0 Å². The van der Waals surface area contributed by atoms with Crippen molar-refractivity contribution < 1.29 is 14.3 Å². The first-order valence-electron chi connectivity index (χ1n) is 8.92. The number of carbonyl (C=O) groups excluding carboxylic acids is 1. The normalized spacial score (nSPS) is 33.8. The summed E-state index contributed by atoms with van der Waals surface area (Å²) >= 11 is 0. The Bertz CT molecular complexity index is 620. The van der Waals surface area contributed by atoms with Crippen LogP contribution in [0.2, 0.25) is 0 Å². The minimum Gasteiger partial charge on any atom is -0.382 e. The molecule has 0 radical (unpaired) electrons. The van der Waals surface area contributed by atoms with E-state index in [0.717, 1.165) is 12.5 Å². The van der Waals surface area contributed by atoms with Gasteiger partial charge in [0, 0.05) is 20.2 Å². The predicted octanol–water partition coefficient (Wildman–Crippen LogP) is 2.02. The fourth-order valence-electron chi connectivity index (χ4n) is 4.57. The van der Waals surface area contributed by atoms with Gasteiger partial charge in [0.05, 0.1) is 25.4 Å². The van der Waals surface area contributed by atoms with E-state index in [4.69, 9.17) is 9.47 Å². The monoisotopic (exact) mass is 330 g/mol. The third kappa shape index (κ3) is 2.91. The van der Waals surface area contributed by atoms with Gasteiger partial charge < -0.3 is 19.7 Å². The fraction of sp³-hybridized carbons (Fsp3) is 0.632. The maximum absolute atomic E-state index is 12.5. The molecule has 0 spiro atoms. The van der Waals surface area contributed by atoms with Gasteiger partial charge in [-0.15, -0.1) is 0 Å². The number of hydrogen-bond acceptors (Lipinski definition) is 3. The van der Waals surface area contributed by atoms with E-state index in [-0.39, 0.29) is 18.2 Å². The molecule has 1 saturated carbocycles. The quantitative estimate of drug-likeness (QED) is 0.919. The summed E-state index contributed by atoms with van der Waals surface area (Å²) in [6, 6.07) is 8.77. The molecule has 24 heavy (non-hydrogen) atoms. The van der Waals surface area contributed by atoms with Crippen molar-refractivity contribution in [2.24, 2.45) is 11.8 Å². The molecule has 1 saturated heterocycles. The fourth-order valence-corrected chi connectivity index (χ4v) is 4.57. The Labute approximate surface area is 143 Å². The number of methoxy groups -OCH3 is 1. The van der Waals surface area contributed by atoms with Crippen LogP contribution >= 0.6 is 0 Å². The largest absolute Gasteiger partial charge is 0.382 e. The summed E-state index contributed by atoms with van der Waals surface area (Å²) in [4.78, 5) is 14.4. The van der Waals surface area contributed by atoms with E-state index in [2.05, 4.69) is 29.6 Å². The summed E-state index contributed by atoms with van der Waals surface area (Å²) in [6.45, 7) is 4.56. The highest BCUT2D eigenvalue weighted by Crippen LogP contribution is 2.60. The van der Waals surface area contributed by atoms with Gasteiger partial charge in [-0.2, -0.15) is 0 Å². The average molecular weight is 330 g/mol. The standard InChI is InChI=1S/C19H26N2O3/c1-12-9-21(10-14(24-12)11-23-2)19(22)20-8-17-16-7-13-5-3-4-6-15(13)18(16)17/h3-6,12,14,16-18H,7-11H2,1-2H3,(H,20,22)/t12-,14+,16+,17-,18+/m1/s1. The van der Waals surface area contributed by atoms with E-state index in [1.54, 1.807) is 7.11 Å². The Hall–Kier alpha value is -1.59. The highest BCUT2D eigenvalue weighted by atomic mass is 16.5. The van der Waals surface area contributed by atoms with E-state index in [9.17, 15) is 4.79 Å². The molecule has 3 aliphatic rings. The first kappa shape index (κ1) is 15.9. The lowest BCUT2D eigenvalue weighted by Crippen LogP contribution is -2.53. The highest BCUT2D eigenvalue weighted by Gasteiger charge is 2.55. The van der Waals surface area contributed by atoms with Crippen LogP contribution in [0.3, 0.4) is 0 Å². The lowest BCUT2D eigenvalue weighted by atomic mass is 10.0. The third-order valence-electron chi connectivity index (χ3n) is 5.66. The van der Waals surface area contributed by atoms with Crippen molar-refractivity contribution in [1.82, 2.24) is 10.2 Å². The Morgan fingerprint density at radius 3 is 3.04 bits per heavy atom. The number of nitrogens with zero attached hydrogens (tertiary/aromatic N) is 1. The SMILES string of the molecule is COC[C@@H]1CN(C(=O)NC[C@@H]2[C@@H]3Cc4ccccc4[C@H]23)C[C@@H](C)O1. The number of hydrogen-bond donors (Lipinski definition) is 1. The van der Waals surface area contributed by atoms with Gasteiger partial charge in [-0.25, -0.2) is 4.79 Å². The number of ether oxygens (including phenoxy) is 2. The average Bonchev–Trinajstić information content (AvgIpc) is 3.10. The second-order valence-electron chi connectivity index (χ2n) is 7.37. The van der Waals surface area contributed by atoms with Crippen LogP contribution in [0.25, 0.3) is 0 Å². The number of urea groups is 1. The zero-order valence-electron chi connectivity index (χ0n) is 14.4. The summed E-state index contributed by atoms with van der Waals surface area (Å²) in [6.07, 6.45) is 1.19. The van der Waals surface area contributed by atoms with E-state index in [1.807, 2.05) is 11.8 Å². The van der Waals surface area contributed by atoms with Gasteiger partial charge in [-0.3, -0.25) is 0 Å². The van der Waals surface area contributed by atoms with Crippen LogP contribution < -0.4 is 5.32 Å². The number of amides is 2. The Kier molecular flexibility index (Phi) is 4.22. The van der Waals surface area contributed by atoms with Gasteiger partial charge in [-0.05, 0) is 42.2 Å². The molecular formula is C19H26N2O3. The lowest BCUT2D eigenvalue weighted by molar-refractivity contribution is -0.0896. The Morgan fingerprint density at radius 1 is 1.38 bits per heavy atom.